The number of hydrogen-bond donors (Lipinski definition) is 0. The highest BCUT2D eigenvalue weighted by molar-refractivity contribution is 9.10. The van der Waals surface area contributed by atoms with E-state index in [0.29, 0.717) is 22.2 Å². The van der Waals surface area contributed by atoms with Crippen LogP contribution in [0, 0.1) is 5.82 Å². The molecule has 120 valence electrons. The van der Waals surface area contributed by atoms with Crippen molar-refractivity contribution < 1.29 is 22.3 Å². The molecule has 3 rings (SSSR count). The molecule has 0 spiro atoms. The number of hydrogen-bond acceptors (Lipinski definition) is 4. The van der Waals surface area contributed by atoms with E-state index in [1.807, 2.05) is 0 Å². The molecule has 0 fully saturated rings. The number of fused-ring (bicyclic) bond motifs is 1. The maximum Gasteiger partial charge on any atom is 0.176 e. The van der Waals surface area contributed by atoms with Gasteiger partial charge in [0, 0.05) is 34.3 Å². The summed E-state index contributed by atoms with van der Waals surface area (Å²) in [5, 5.41) is 0. The first-order valence-corrected chi connectivity index (χ1v) is 9.47. The zero-order chi connectivity index (χ0) is 16.8. The zero-order valence-electron chi connectivity index (χ0n) is 12.1. The molecule has 0 bridgehead atoms. The van der Waals surface area contributed by atoms with Crippen molar-refractivity contribution in [3.05, 3.63) is 51.7 Å². The van der Waals surface area contributed by atoms with E-state index in [4.69, 9.17) is 4.74 Å². The smallest absolute Gasteiger partial charge is 0.176 e. The van der Waals surface area contributed by atoms with Crippen molar-refractivity contribution in [3.63, 3.8) is 0 Å². The lowest BCUT2D eigenvalue weighted by Crippen LogP contribution is -2.06. The van der Waals surface area contributed by atoms with Crippen LogP contribution in [0.1, 0.15) is 22.3 Å². The molecule has 2 aromatic rings. The van der Waals surface area contributed by atoms with Gasteiger partial charge in [-0.2, -0.15) is 0 Å². The molecule has 0 aromatic heterocycles. The van der Waals surface area contributed by atoms with Crippen LogP contribution in [0.15, 0.2) is 39.7 Å². The van der Waals surface area contributed by atoms with Gasteiger partial charge in [0.2, 0.25) is 0 Å². The standard InChI is InChI=1S/C16H12BrFO4S/c1-23(20,21)15-5-4-14(12-2-3-13(19)16(12)15)22-11-7-9(17)6-10(18)8-11/h4-8H,2-3H2,1H3. The Morgan fingerprint density at radius 3 is 2.57 bits per heavy atom. The van der Waals surface area contributed by atoms with Gasteiger partial charge in [0.25, 0.3) is 0 Å². The Hall–Kier alpha value is -1.73. The van der Waals surface area contributed by atoms with Crippen molar-refractivity contribution in [1.82, 2.24) is 0 Å². The Balaban J connectivity index is 2.10. The van der Waals surface area contributed by atoms with Crippen molar-refractivity contribution in [2.24, 2.45) is 0 Å². The van der Waals surface area contributed by atoms with E-state index in [2.05, 4.69) is 15.9 Å². The molecule has 0 heterocycles. The van der Waals surface area contributed by atoms with Crippen molar-refractivity contribution in [2.45, 2.75) is 17.7 Å². The molecule has 23 heavy (non-hydrogen) atoms. The van der Waals surface area contributed by atoms with E-state index in [-0.39, 0.29) is 28.4 Å². The van der Waals surface area contributed by atoms with Crippen molar-refractivity contribution in [1.29, 1.82) is 0 Å². The zero-order valence-corrected chi connectivity index (χ0v) is 14.5. The molecule has 0 radical (unpaired) electrons. The number of halogens is 2. The molecule has 0 aliphatic heterocycles. The number of carbonyl (C=O) groups is 1. The summed E-state index contributed by atoms with van der Waals surface area (Å²) in [5.74, 6) is -0.0394. The molecular formula is C16H12BrFO4S. The van der Waals surface area contributed by atoms with Crippen molar-refractivity contribution in [2.75, 3.05) is 6.26 Å². The predicted octanol–water partition coefficient (Wildman–Crippen LogP) is 3.91. The number of ether oxygens (including phenoxy) is 1. The van der Waals surface area contributed by atoms with Crippen LogP contribution in [0.25, 0.3) is 0 Å². The van der Waals surface area contributed by atoms with Gasteiger partial charge in [-0.25, -0.2) is 12.8 Å². The molecule has 0 atom stereocenters. The van der Waals surface area contributed by atoms with E-state index in [1.54, 1.807) is 6.07 Å². The normalized spacial score (nSPS) is 14.0. The largest absolute Gasteiger partial charge is 0.457 e. The molecule has 1 aliphatic rings. The van der Waals surface area contributed by atoms with Crippen LogP contribution in [0.3, 0.4) is 0 Å². The molecule has 7 heteroatoms. The first-order chi connectivity index (χ1) is 10.8. The van der Waals surface area contributed by atoms with E-state index in [9.17, 15) is 17.6 Å². The van der Waals surface area contributed by atoms with Crippen LogP contribution in [0.2, 0.25) is 0 Å². The van der Waals surface area contributed by atoms with Gasteiger partial charge in [-0.1, -0.05) is 15.9 Å². The molecule has 0 saturated carbocycles. The summed E-state index contributed by atoms with van der Waals surface area (Å²) in [7, 11) is -3.51. The number of sulfone groups is 1. The molecule has 0 amide bonds. The Morgan fingerprint density at radius 2 is 1.91 bits per heavy atom. The number of carbonyl (C=O) groups excluding carboxylic acids is 1. The highest BCUT2D eigenvalue weighted by Crippen LogP contribution is 2.37. The molecule has 1 aliphatic carbocycles. The van der Waals surface area contributed by atoms with E-state index >= 15 is 0 Å². The maximum absolute atomic E-state index is 13.4. The lowest BCUT2D eigenvalue weighted by Gasteiger charge is -2.13. The predicted molar refractivity (Wildman–Crippen MR) is 86.4 cm³/mol. The monoisotopic (exact) mass is 398 g/mol. The third-order valence-electron chi connectivity index (χ3n) is 3.58. The van der Waals surface area contributed by atoms with Gasteiger partial charge in [0.1, 0.15) is 17.3 Å². The fraction of sp³-hybridized carbons (Fsp3) is 0.188. The fourth-order valence-corrected chi connectivity index (χ4v) is 4.01. The molecular weight excluding hydrogens is 387 g/mol. The van der Waals surface area contributed by atoms with Crippen LogP contribution in [-0.2, 0) is 16.3 Å². The second kappa shape index (κ2) is 5.72. The van der Waals surface area contributed by atoms with Gasteiger partial charge in [-0.3, -0.25) is 4.79 Å². The average Bonchev–Trinajstić information content (AvgIpc) is 2.79. The van der Waals surface area contributed by atoms with Gasteiger partial charge in [0.15, 0.2) is 15.6 Å². The highest BCUT2D eigenvalue weighted by Gasteiger charge is 2.30. The Morgan fingerprint density at radius 1 is 1.17 bits per heavy atom. The third kappa shape index (κ3) is 3.16. The lowest BCUT2D eigenvalue weighted by atomic mass is 10.1. The molecule has 2 aromatic carbocycles. The third-order valence-corrected chi connectivity index (χ3v) is 5.17. The summed E-state index contributed by atoms with van der Waals surface area (Å²) < 4.78 is 43.3. The summed E-state index contributed by atoms with van der Waals surface area (Å²) in [6, 6.07) is 6.98. The topological polar surface area (TPSA) is 60.4 Å². The molecule has 0 saturated heterocycles. The first kappa shape index (κ1) is 16.1. The average molecular weight is 399 g/mol. The summed E-state index contributed by atoms with van der Waals surface area (Å²) in [5.41, 5.74) is 0.749. The minimum Gasteiger partial charge on any atom is -0.457 e. The quantitative estimate of drug-likeness (QED) is 0.785. The second-order valence-corrected chi connectivity index (χ2v) is 8.22. The fourth-order valence-electron chi connectivity index (χ4n) is 2.64. The first-order valence-electron chi connectivity index (χ1n) is 6.79. The summed E-state index contributed by atoms with van der Waals surface area (Å²) in [4.78, 5) is 12.1. The number of rotatable bonds is 3. The second-order valence-electron chi connectivity index (χ2n) is 5.32. The van der Waals surface area contributed by atoms with Crippen LogP contribution >= 0.6 is 15.9 Å². The Bertz CT molecular complexity index is 902. The Kier molecular flexibility index (Phi) is 4.01. The molecule has 0 N–H and O–H groups in total. The van der Waals surface area contributed by atoms with E-state index < -0.39 is 15.7 Å². The van der Waals surface area contributed by atoms with Crippen LogP contribution in [0.5, 0.6) is 11.5 Å². The minimum atomic E-state index is -3.51. The molecule has 4 nitrogen and oxygen atoms in total. The van der Waals surface area contributed by atoms with Gasteiger partial charge < -0.3 is 4.74 Å². The van der Waals surface area contributed by atoms with Crippen LogP contribution in [0.4, 0.5) is 4.39 Å². The number of benzene rings is 2. The van der Waals surface area contributed by atoms with Crippen LogP contribution in [-0.4, -0.2) is 20.5 Å². The minimum absolute atomic E-state index is 0.0165. The SMILES string of the molecule is CS(=O)(=O)c1ccc(Oc2cc(F)cc(Br)c2)c2c1C(=O)CC2. The van der Waals surface area contributed by atoms with Crippen LogP contribution < -0.4 is 4.74 Å². The Labute approximate surface area is 141 Å². The van der Waals surface area contributed by atoms with E-state index in [0.717, 1.165) is 6.26 Å². The molecule has 0 unspecified atom stereocenters. The maximum atomic E-state index is 13.4. The summed E-state index contributed by atoms with van der Waals surface area (Å²) >= 11 is 3.18. The van der Waals surface area contributed by atoms with Gasteiger partial charge >= 0.3 is 0 Å². The number of ketones is 1. The van der Waals surface area contributed by atoms with Gasteiger partial charge in [-0.15, -0.1) is 0 Å². The van der Waals surface area contributed by atoms with Gasteiger partial charge in [0.05, 0.1) is 4.90 Å². The summed E-state index contributed by atoms with van der Waals surface area (Å²) in [6.07, 6.45) is 1.72. The number of Topliss-reactive ketones (excluding diaryl/α,β-unsaturated/α-hetero) is 1. The summed E-state index contributed by atoms with van der Waals surface area (Å²) in [6.45, 7) is 0. The lowest BCUT2D eigenvalue weighted by molar-refractivity contribution is 0.0991. The van der Waals surface area contributed by atoms with Gasteiger partial charge in [-0.05, 0) is 30.7 Å². The van der Waals surface area contributed by atoms with Crippen molar-refractivity contribution >= 4 is 31.6 Å². The van der Waals surface area contributed by atoms with Crippen molar-refractivity contribution in [3.8, 4) is 11.5 Å². The van der Waals surface area contributed by atoms with E-state index in [1.165, 1.54) is 24.3 Å². The highest BCUT2D eigenvalue weighted by atomic mass is 79.9.